The van der Waals surface area contributed by atoms with Gasteiger partial charge in [0.05, 0.1) is 19.1 Å². The molecule has 1 fully saturated rings. The van der Waals surface area contributed by atoms with Crippen LogP contribution in [0.3, 0.4) is 0 Å². The number of hydrogen-bond acceptors (Lipinski definition) is 4. The molecule has 3 atom stereocenters. The standard InChI is InChI=1S/C11H16BNO4/c12-2-1-7-3-10(16)13(5-7)11-4-8(15)9(6-14)17-11/h1-2,5,8-9,11,14-15H,3-4,6,12H2/b2-1+/t8?,9-,11-/m1/s1. The van der Waals surface area contributed by atoms with E-state index in [2.05, 4.69) is 0 Å². The summed E-state index contributed by atoms with van der Waals surface area (Å²) in [7, 11) is 1.89. The quantitative estimate of drug-likeness (QED) is 0.600. The molecule has 5 nitrogen and oxygen atoms in total. The van der Waals surface area contributed by atoms with Gasteiger partial charge in [-0.05, 0) is 5.57 Å². The SMILES string of the molecule is B/C=C/C1=CN([C@H]2CC(O)[C@@H](CO)O2)C(=O)C1. The van der Waals surface area contributed by atoms with Crippen LogP contribution in [0.4, 0.5) is 0 Å². The largest absolute Gasteiger partial charge is 0.394 e. The van der Waals surface area contributed by atoms with Crippen molar-refractivity contribution >= 4 is 13.8 Å². The molecule has 17 heavy (non-hydrogen) atoms. The fourth-order valence-electron chi connectivity index (χ4n) is 2.17. The van der Waals surface area contributed by atoms with Crippen molar-refractivity contribution in [1.82, 2.24) is 4.90 Å². The Kier molecular flexibility index (Phi) is 3.66. The molecule has 2 rings (SSSR count). The summed E-state index contributed by atoms with van der Waals surface area (Å²) in [6, 6.07) is 0. The number of aliphatic hydroxyl groups excluding tert-OH is 2. The average Bonchev–Trinajstić information content (AvgIpc) is 2.82. The first-order valence-corrected chi connectivity index (χ1v) is 5.74. The third kappa shape index (κ3) is 2.43. The van der Waals surface area contributed by atoms with Crippen molar-refractivity contribution in [2.45, 2.75) is 31.3 Å². The third-order valence-electron chi connectivity index (χ3n) is 3.02. The second-order valence-electron chi connectivity index (χ2n) is 4.30. The zero-order valence-electron chi connectivity index (χ0n) is 9.74. The third-order valence-corrected chi connectivity index (χ3v) is 3.02. The van der Waals surface area contributed by atoms with E-state index in [0.29, 0.717) is 12.8 Å². The first-order chi connectivity index (χ1) is 8.15. The summed E-state index contributed by atoms with van der Waals surface area (Å²) in [5.74, 6) is 1.85. The number of nitrogens with zero attached hydrogens (tertiary/aromatic N) is 1. The number of carbonyl (C=O) groups is 1. The van der Waals surface area contributed by atoms with Gasteiger partial charge in [0.25, 0.3) is 0 Å². The molecule has 2 aliphatic rings. The number of allylic oxidation sites excluding steroid dienone is 1. The summed E-state index contributed by atoms with van der Waals surface area (Å²) in [5.41, 5.74) is 0.933. The Morgan fingerprint density at radius 2 is 2.41 bits per heavy atom. The van der Waals surface area contributed by atoms with Gasteiger partial charge in [0.2, 0.25) is 5.91 Å². The fraction of sp³-hybridized carbons (Fsp3) is 0.545. The van der Waals surface area contributed by atoms with Crippen LogP contribution in [0.5, 0.6) is 0 Å². The maximum atomic E-state index is 11.8. The Bertz CT molecular complexity index is 368. The molecule has 1 saturated heterocycles. The van der Waals surface area contributed by atoms with Crippen LogP contribution in [0.15, 0.2) is 23.8 Å². The lowest BCUT2D eigenvalue weighted by molar-refractivity contribution is -0.138. The Morgan fingerprint density at radius 1 is 1.65 bits per heavy atom. The lowest BCUT2D eigenvalue weighted by atomic mass is 10.1. The molecule has 1 amide bonds. The zero-order chi connectivity index (χ0) is 12.4. The highest BCUT2D eigenvalue weighted by atomic mass is 16.5. The molecule has 0 spiro atoms. The summed E-state index contributed by atoms with van der Waals surface area (Å²) in [6.07, 6.45) is 2.58. The second-order valence-corrected chi connectivity index (χ2v) is 4.30. The number of rotatable bonds is 3. The van der Waals surface area contributed by atoms with E-state index in [-0.39, 0.29) is 12.5 Å². The van der Waals surface area contributed by atoms with Gasteiger partial charge in [-0.2, -0.15) is 0 Å². The van der Waals surface area contributed by atoms with Gasteiger partial charge < -0.3 is 14.9 Å². The van der Waals surface area contributed by atoms with Gasteiger partial charge in [-0.15, -0.1) is 5.98 Å². The number of hydrogen-bond donors (Lipinski definition) is 2. The molecular weight excluding hydrogens is 221 g/mol. The summed E-state index contributed by atoms with van der Waals surface area (Å²) < 4.78 is 5.44. The molecule has 6 heteroatoms. The van der Waals surface area contributed by atoms with E-state index < -0.39 is 18.4 Å². The molecule has 0 aromatic carbocycles. The van der Waals surface area contributed by atoms with E-state index in [1.807, 2.05) is 19.9 Å². The van der Waals surface area contributed by atoms with Gasteiger partial charge in [0.15, 0.2) is 0 Å². The van der Waals surface area contributed by atoms with Gasteiger partial charge in [0.1, 0.15) is 20.2 Å². The monoisotopic (exact) mass is 237 g/mol. The first-order valence-electron chi connectivity index (χ1n) is 5.74. The van der Waals surface area contributed by atoms with Crippen LogP contribution in [0.1, 0.15) is 12.8 Å². The zero-order valence-corrected chi connectivity index (χ0v) is 9.74. The minimum Gasteiger partial charge on any atom is -0.394 e. The molecule has 0 radical (unpaired) electrons. The van der Waals surface area contributed by atoms with Crippen molar-refractivity contribution in [1.29, 1.82) is 0 Å². The molecule has 2 heterocycles. The van der Waals surface area contributed by atoms with Crippen LogP contribution in [0.2, 0.25) is 0 Å². The smallest absolute Gasteiger partial charge is 0.233 e. The number of carbonyl (C=O) groups excluding carboxylic acids is 1. The van der Waals surface area contributed by atoms with Gasteiger partial charge in [-0.25, -0.2) is 0 Å². The molecule has 0 aromatic rings. The number of ether oxygens (including phenoxy) is 1. The fourth-order valence-corrected chi connectivity index (χ4v) is 2.17. The van der Waals surface area contributed by atoms with E-state index in [1.54, 1.807) is 6.20 Å². The molecule has 1 unspecified atom stereocenters. The van der Waals surface area contributed by atoms with Gasteiger partial charge in [0, 0.05) is 12.6 Å². The summed E-state index contributed by atoms with van der Waals surface area (Å²) in [5, 5.41) is 18.6. The lowest BCUT2D eigenvalue weighted by Crippen LogP contribution is -2.33. The van der Waals surface area contributed by atoms with E-state index >= 15 is 0 Å². The van der Waals surface area contributed by atoms with Crippen LogP contribution in [-0.4, -0.2) is 53.9 Å². The van der Waals surface area contributed by atoms with E-state index in [0.717, 1.165) is 5.57 Å². The van der Waals surface area contributed by atoms with Crippen molar-refractivity contribution in [3.63, 3.8) is 0 Å². The lowest BCUT2D eigenvalue weighted by Gasteiger charge is -2.21. The summed E-state index contributed by atoms with van der Waals surface area (Å²) in [6.45, 7) is -0.231. The van der Waals surface area contributed by atoms with Crippen LogP contribution in [0.25, 0.3) is 0 Å². The van der Waals surface area contributed by atoms with Gasteiger partial charge >= 0.3 is 0 Å². The highest BCUT2D eigenvalue weighted by Crippen LogP contribution is 2.28. The molecule has 0 saturated carbocycles. The van der Waals surface area contributed by atoms with Crippen molar-refractivity contribution < 1.29 is 19.7 Å². The highest BCUT2D eigenvalue weighted by molar-refractivity contribution is 6.17. The van der Waals surface area contributed by atoms with Crippen LogP contribution in [-0.2, 0) is 9.53 Å². The predicted molar refractivity (Wildman–Crippen MR) is 63.6 cm³/mol. The second kappa shape index (κ2) is 5.04. The number of aliphatic hydroxyl groups is 2. The molecule has 0 aliphatic carbocycles. The topological polar surface area (TPSA) is 70.0 Å². The van der Waals surface area contributed by atoms with Crippen LogP contribution >= 0.6 is 0 Å². The van der Waals surface area contributed by atoms with E-state index in [1.165, 1.54) is 4.90 Å². The summed E-state index contributed by atoms with van der Waals surface area (Å²) in [4.78, 5) is 13.3. The molecule has 2 aliphatic heterocycles. The highest BCUT2D eigenvalue weighted by Gasteiger charge is 2.39. The summed E-state index contributed by atoms with van der Waals surface area (Å²) >= 11 is 0. The van der Waals surface area contributed by atoms with E-state index in [9.17, 15) is 9.90 Å². The molecule has 0 aromatic heterocycles. The molecule has 92 valence electrons. The average molecular weight is 237 g/mol. The van der Waals surface area contributed by atoms with E-state index in [4.69, 9.17) is 9.84 Å². The van der Waals surface area contributed by atoms with Crippen molar-refractivity contribution in [2.24, 2.45) is 0 Å². The maximum absolute atomic E-state index is 11.8. The Morgan fingerprint density at radius 3 is 3.00 bits per heavy atom. The number of amides is 1. The molecular formula is C11H16BNO4. The van der Waals surface area contributed by atoms with Gasteiger partial charge in [-0.3, -0.25) is 9.69 Å². The molecule has 0 bridgehead atoms. The normalized spacial score (nSPS) is 33.8. The first kappa shape index (κ1) is 12.4. The maximum Gasteiger partial charge on any atom is 0.233 e. The molecule has 2 N–H and O–H groups in total. The predicted octanol–water partition coefficient (Wildman–Crippen LogP) is -1.28. The van der Waals surface area contributed by atoms with Crippen molar-refractivity contribution in [3.05, 3.63) is 23.8 Å². The minimum atomic E-state index is -0.711. The Hall–Kier alpha value is -1.11. The van der Waals surface area contributed by atoms with Crippen molar-refractivity contribution in [2.75, 3.05) is 6.61 Å². The minimum absolute atomic E-state index is 0.0334. The Labute approximate surface area is 101 Å². The van der Waals surface area contributed by atoms with Crippen LogP contribution in [0, 0.1) is 0 Å². The Balaban J connectivity index is 2.06. The van der Waals surface area contributed by atoms with Gasteiger partial charge in [-0.1, -0.05) is 6.08 Å². The van der Waals surface area contributed by atoms with Crippen LogP contribution < -0.4 is 0 Å². The van der Waals surface area contributed by atoms with Crippen molar-refractivity contribution in [3.8, 4) is 0 Å².